The number of nitrogens with zero attached hydrogens (tertiary/aromatic N) is 1. The van der Waals surface area contributed by atoms with Gasteiger partial charge in [-0.25, -0.2) is 0 Å². The summed E-state index contributed by atoms with van der Waals surface area (Å²) in [6.45, 7) is 5.31. The molecule has 0 heterocycles. The molecule has 0 saturated carbocycles. The van der Waals surface area contributed by atoms with Crippen LogP contribution in [0.3, 0.4) is 0 Å². The van der Waals surface area contributed by atoms with Crippen LogP contribution in [0.4, 0.5) is 0 Å². The van der Waals surface area contributed by atoms with Gasteiger partial charge in [0, 0.05) is 13.0 Å². The van der Waals surface area contributed by atoms with Crippen LogP contribution in [0.2, 0.25) is 0 Å². The number of hydrogen-bond acceptors (Lipinski definition) is 3. The van der Waals surface area contributed by atoms with Gasteiger partial charge >= 0.3 is 5.97 Å². The van der Waals surface area contributed by atoms with E-state index in [1.807, 2.05) is 32.8 Å². The van der Waals surface area contributed by atoms with Crippen LogP contribution in [0.15, 0.2) is 0 Å². The molecule has 0 aromatic rings. The lowest BCUT2D eigenvalue weighted by molar-refractivity contribution is -0.144. The summed E-state index contributed by atoms with van der Waals surface area (Å²) in [5.74, 6) is 0.295. The summed E-state index contributed by atoms with van der Waals surface area (Å²) < 4.78 is 4.98. The van der Waals surface area contributed by atoms with Gasteiger partial charge in [0.1, 0.15) is 6.61 Å². The third-order valence-corrected chi connectivity index (χ3v) is 1.38. The molecule has 0 amide bonds. The molecule has 0 aliphatic carbocycles. The van der Waals surface area contributed by atoms with Crippen molar-refractivity contribution in [2.45, 2.75) is 20.3 Å². The van der Waals surface area contributed by atoms with Crippen molar-refractivity contribution in [2.75, 3.05) is 27.2 Å². The van der Waals surface area contributed by atoms with Gasteiger partial charge in [0.15, 0.2) is 0 Å². The fraction of sp³-hybridized carbons (Fsp3) is 0.889. The number of ether oxygens (including phenoxy) is 1. The van der Waals surface area contributed by atoms with Gasteiger partial charge < -0.3 is 9.64 Å². The molecule has 0 unspecified atom stereocenters. The Balaban J connectivity index is 3.32. The third-order valence-electron chi connectivity index (χ3n) is 1.38. The molecule has 3 nitrogen and oxygen atoms in total. The van der Waals surface area contributed by atoms with Crippen molar-refractivity contribution in [2.24, 2.45) is 5.92 Å². The maximum atomic E-state index is 11.0. The first-order valence-corrected chi connectivity index (χ1v) is 4.32. The van der Waals surface area contributed by atoms with Gasteiger partial charge in [-0.3, -0.25) is 4.79 Å². The number of likely N-dealkylation sites (N-methyl/N-ethyl adjacent to an activating group) is 1. The minimum absolute atomic E-state index is 0.0909. The van der Waals surface area contributed by atoms with Gasteiger partial charge in [-0.1, -0.05) is 13.8 Å². The number of carbonyl (C=O) groups excluding carboxylic acids is 1. The molecule has 72 valence electrons. The Morgan fingerprint density at radius 3 is 2.42 bits per heavy atom. The average Bonchev–Trinajstić information content (AvgIpc) is 1.84. The molecule has 0 aliphatic heterocycles. The van der Waals surface area contributed by atoms with Crippen molar-refractivity contribution >= 4 is 5.97 Å². The summed E-state index contributed by atoms with van der Waals surface area (Å²) in [6, 6.07) is 0. The predicted molar refractivity (Wildman–Crippen MR) is 49.0 cm³/mol. The summed E-state index contributed by atoms with van der Waals surface area (Å²) in [6.07, 6.45) is 0.521. The minimum Gasteiger partial charge on any atom is -0.464 e. The Kier molecular flexibility index (Phi) is 5.72. The van der Waals surface area contributed by atoms with E-state index in [-0.39, 0.29) is 5.97 Å². The van der Waals surface area contributed by atoms with Crippen molar-refractivity contribution in [3.63, 3.8) is 0 Å². The molecule has 0 rings (SSSR count). The van der Waals surface area contributed by atoms with E-state index in [1.54, 1.807) is 0 Å². The van der Waals surface area contributed by atoms with E-state index in [9.17, 15) is 4.79 Å². The maximum Gasteiger partial charge on any atom is 0.306 e. The van der Waals surface area contributed by atoms with Gasteiger partial charge in [-0.2, -0.15) is 0 Å². The smallest absolute Gasteiger partial charge is 0.306 e. The molecule has 0 aliphatic rings. The van der Waals surface area contributed by atoms with Crippen LogP contribution >= 0.6 is 0 Å². The van der Waals surface area contributed by atoms with Gasteiger partial charge in [0.25, 0.3) is 0 Å². The topological polar surface area (TPSA) is 29.5 Å². The molecule has 0 bridgehead atoms. The highest BCUT2D eigenvalue weighted by atomic mass is 16.5. The molecular weight excluding hydrogens is 154 g/mol. The average molecular weight is 173 g/mol. The quantitative estimate of drug-likeness (QED) is 0.584. The third kappa shape index (κ3) is 7.54. The largest absolute Gasteiger partial charge is 0.464 e. The van der Waals surface area contributed by atoms with Crippen LogP contribution in [0.5, 0.6) is 0 Å². The lowest BCUT2D eigenvalue weighted by Gasteiger charge is -2.10. The Morgan fingerprint density at radius 1 is 1.42 bits per heavy atom. The summed E-state index contributed by atoms with van der Waals surface area (Å²) in [5, 5.41) is 0. The standard InChI is InChI=1S/C9H19NO2/c1-8(2)7-9(11)12-6-5-10(3)4/h8H,5-7H2,1-4H3. The van der Waals surface area contributed by atoms with Crippen LogP contribution < -0.4 is 0 Å². The van der Waals surface area contributed by atoms with Crippen molar-refractivity contribution in [1.82, 2.24) is 4.90 Å². The Hall–Kier alpha value is -0.570. The van der Waals surface area contributed by atoms with Crippen LogP contribution in [0.1, 0.15) is 20.3 Å². The van der Waals surface area contributed by atoms with Crippen molar-refractivity contribution in [3.05, 3.63) is 0 Å². The lowest BCUT2D eigenvalue weighted by atomic mass is 10.1. The highest BCUT2D eigenvalue weighted by Gasteiger charge is 2.05. The highest BCUT2D eigenvalue weighted by molar-refractivity contribution is 5.69. The van der Waals surface area contributed by atoms with E-state index in [0.717, 1.165) is 6.54 Å². The fourth-order valence-corrected chi connectivity index (χ4v) is 0.734. The second-order valence-corrected chi connectivity index (χ2v) is 3.62. The maximum absolute atomic E-state index is 11.0. The highest BCUT2D eigenvalue weighted by Crippen LogP contribution is 2.00. The summed E-state index contributed by atoms with van der Waals surface area (Å²) >= 11 is 0. The molecule has 0 fully saturated rings. The summed E-state index contributed by atoms with van der Waals surface area (Å²) in [4.78, 5) is 13.0. The number of hydrogen-bond donors (Lipinski definition) is 0. The second kappa shape index (κ2) is 6.00. The minimum atomic E-state index is -0.0909. The van der Waals surface area contributed by atoms with E-state index in [1.165, 1.54) is 0 Å². The van der Waals surface area contributed by atoms with Crippen LogP contribution in [0.25, 0.3) is 0 Å². The van der Waals surface area contributed by atoms with Crippen molar-refractivity contribution in [1.29, 1.82) is 0 Å². The van der Waals surface area contributed by atoms with Crippen LogP contribution in [-0.4, -0.2) is 38.1 Å². The monoisotopic (exact) mass is 173 g/mol. The first kappa shape index (κ1) is 11.4. The van der Waals surface area contributed by atoms with E-state index < -0.39 is 0 Å². The molecule has 3 heteroatoms. The van der Waals surface area contributed by atoms with E-state index in [4.69, 9.17) is 4.74 Å². The molecule has 0 saturated heterocycles. The van der Waals surface area contributed by atoms with E-state index >= 15 is 0 Å². The summed E-state index contributed by atoms with van der Waals surface area (Å²) in [7, 11) is 3.91. The molecular formula is C9H19NO2. The summed E-state index contributed by atoms with van der Waals surface area (Å²) in [5.41, 5.74) is 0. The predicted octanol–water partition coefficient (Wildman–Crippen LogP) is 1.14. The van der Waals surface area contributed by atoms with Crippen molar-refractivity contribution < 1.29 is 9.53 Å². The number of esters is 1. The normalized spacial score (nSPS) is 10.8. The first-order chi connectivity index (χ1) is 5.52. The molecule has 0 radical (unpaired) electrons. The molecule has 0 N–H and O–H groups in total. The molecule has 0 atom stereocenters. The lowest BCUT2D eigenvalue weighted by Crippen LogP contribution is -2.20. The Labute approximate surface area is 74.7 Å². The van der Waals surface area contributed by atoms with Gasteiger partial charge in [0.05, 0.1) is 0 Å². The zero-order chi connectivity index (χ0) is 9.56. The fourth-order valence-electron chi connectivity index (χ4n) is 0.734. The first-order valence-electron chi connectivity index (χ1n) is 4.32. The Morgan fingerprint density at radius 2 is 2.00 bits per heavy atom. The second-order valence-electron chi connectivity index (χ2n) is 3.62. The zero-order valence-electron chi connectivity index (χ0n) is 8.46. The van der Waals surface area contributed by atoms with Gasteiger partial charge in [0.2, 0.25) is 0 Å². The zero-order valence-corrected chi connectivity index (χ0v) is 8.46. The SMILES string of the molecule is CC(C)CC(=O)OCCN(C)C. The van der Waals surface area contributed by atoms with Crippen LogP contribution in [-0.2, 0) is 9.53 Å². The molecule has 0 aromatic heterocycles. The molecule has 0 aromatic carbocycles. The van der Waals surface area contributed by atoms with Crippen molar-refractivity contribution in [3.8, 4) is 0 Å². The Bertz CT molecular complexity index is 132. The van der Waals surface area contributed by atoms with Gasteiger partial charge in [-0.15, -0.1) is 0 Å². The molecule has 0 spiro atoms. The number of rotatable bonds is 5. The van der Waals surface area contributed by atoms with E-state index in [0.29, 0.717) is 18.9 Å². The van der Waals surface area contributed by atoms with Crippen LogP contribution in [0, 0.1) is 5.92 Å². The molecule has 12 heavy (non-hydrogen) atoms. The number of carbonyl (C=O) groups is 1. The van der Waals surface area contributed by atoms with E-state index in [2.05, 4.69) is 0 Å². The van der Waals surface area contributed by atoms with Gasteiger partial charge in [-0.05, 0) is 20.0 Å².